The van der Waals surface area contributed by atoms with Crippen molar-refractivity contribution in [3.63, 3.8) is 0 Å². The van der Waals surface area contributed by atoms with E-state index in [-0.39, 0.29) is 10.7 Å². The van der Waals surface area contributed by atoms with Crippen LogP contribution in [0.25, 0.3) is 6.08 Å². The molecule has 2 aromatic carbocycles. The summed E-state index contributed by atoms with van der Waals surface area (Å²) in [6, 6.07) is 10.2. The number of thiocarbonyl (C=S) groups is 1. The van der Waals surface area contributed by atoms with Crippen LogP contribution < -0.4 is 19.7 Å². The van der Waals surface area contributed by atoms with Gasteiger partial charge in [0.15, 0.2) is 5.11 Å². The molecule has 1 N–H and O–H groups in total. The fraction of sp³-hybridized carbons (Fsp3) is 0.150. The SMILES string of the molecule is COc1ccc(OC)c(/C=C2\C(=O)NC(=S)N(c3cccc(Cl)c3C)C2=O)c1. The minimum absolute atomic E-state index is 0.00451. The zero-order chi connectivity index (χ0) is 20.4. The summed E-state index contributed by atoms with van der Waals surface area (Å²) in [5.74, 6) is -0.0818. The Kier molecular flexibility index (Phi) is 5.67. The lowest BCUT2D eigenvalue weighted by Crippen LogP contribution is -2.54. The highest BCUT2D eigenvalue weighted by atomic mass is 35.5. The number of carbonyl (C=O) groups excluding carboxylic acids is 2. The Morgan fingerprint density at radius 3 is 2.57 bits per heavy atom. The summed E-state index contributed by atoms with van der Waals surface area (Å²) >= 11 is 11.4. The fourth-order valence-electron chi connectivity index (χ4n) is 2.82. The molecule has 0 radical (unpaired) electrons. The monoisotopic (exact) mass is 416 g/mol. The Bertz CT molecular complexity index is 1020. The molecular formula is C20H17ClN2O4S. The van der Waals surface area contributed by atoms with Gasteiger partial charge < -0.3 is 9.47 Å². The van der Waals surface area contributed by atoms with E-state index in [2.05, 4.69) is 5.32 Å². The van der Waals surface area contributed by atoms with Gasteiger partial charge in [0, 0.05) is 10.6 Å². The summed E-state index contributed by atoms with van der Waals surface area (Å²) < 4.78 is 10.5. The highest BCUT2D eigenvalue weighted by Crippen LogP contribution is 2.31. The molecule has 1 aliphatic heterocycles. The van der Waals surface area contributed by atoms with Crippen molar-refractivity contribution in [2.45, 2.75) is 6.92 Å². The summed E-state index contributed by atoms with van der Waals surface area (Å²) in [6.45, 7) is 1.78. The average Bonchev–Trinajstić information content (AvgIpc) is 2.68. The minimum atomic E-state index is -0.587. The predicted molar refractivity (Wildman–Crippen MR) is 112 cm³/mol. The molecule has 0 atom stereocenters. The van der Waals surface area contributed by atoms with Crippen molar-refractivity contribution in [3.8, 4) is 11.5 Å². The van der Waals surface area contributed by atoms with Gasteiger partial charge in [-0.25, -0.2) is 0 Å². The number of amides is 2. The topological polar surface area (TPSA) is 67.9 Å². The van der Waals surface area contributed by atoms with Gasteiger partial charge in [0.05, 0.1) is 19.9 Å². The van der Waals surface area contributed by atoms with E-state index in [0.717, 1.165) is 0 Å². The van der Waals surface area contributed by atoms with E-state index in [1.54, 1.807) is 43.3 Å². The van der Waals surface area contributed by atoms with Crippen molar-refractivity contribution in [1.29, 1.82) is 0 Å². The quantitative estimate of drug-likeness (QED) is 0.469. The number of hydrogen-bond acceptors (Lipinski definition) is 5. The normalized spacial score (nSPS) is 15.6. The van der Waals surface area contributed by atoms with Crippen molar-refractivity contribution < 1.29 is 19.1 Å². The van der Waals surface area contributed by atoms with Crippen LogP contribution in [0.15, 0.2) is 42.0 Å². The molecule has 1 saturated heterocycles. The second-order valence-corrected chi connectivity index (χ2v) is 6.74. The van der Waals surface area contributed by atoms with Gasteiger partial charge in [0.1, 0.15) is 17.1 Å². The standard InChI is InChI=1S/C20H17ClN2O4S/c1-11-15(21)5-4-6-16(11)23-19(25)14(18(24)22-20(23)28)10-12-9-13(26-2)7-8-17(12)27-3/h4-10H,1-3H3,(H,22,24,28)/b14-10+. The van der Waals surface area contributed by atoms with Crippen LogP contribution in [-0.4, -0.2) is 31.1 Å². The molecule has 28 heavy (non-hydrogen) atoms. The number of anilines is 1. The molecule has 1 heterocycles. The van der Waals surface area contributed by atoms with Crippen LogP contribution in [0, 0.1) is 6.92 Å². The Hall–Kier alpha value is -2.90. The number of halogens is 1. The first-order chi connectivity index (χ1) is 13.4. The van der Waals surface area contributed by atoms with E-state index in [1.807, 2.05) is 0 Å². The lowest BCUT2D eigenvalue weighted by molar-refractivity contribution is -0.122. The van der Waals surface area contributed by atoms with E-state index in [4.69, 9.17) is 33.3 Å². The maximum absolute atomic E-state index is 13.2. The molecule has 0 bridgehead atoms. The Morgan fingerprint density at radius 2 is 1.89 bits per heavy atom. The van der Waals surface area contributed by atoms with E-state index in [9.17, 15) is 9.59 Å². The van der Waals surface area contributed by atoms with Crippen LogP contribution >= 0.6 is 23.8 Å². The molecule has 6 nitrogen and oxygen atoms in total. The summed E-state index contributed by atoms with van der Waals surface area (Å²) in [4.78, 5) is 26.9. The molecule has 0 aliphatic carbocycles. The maximum Gasteiger partial charge on any atom is 0.270 e. The van der Waals surface area contributed by atoms with Crippen molar-refractivity contribution >= 4 is 52.5 Å². The molecule has 1 fully saturated rings. The summed E-state index contributed by atoms with van der Waals surface area (Å²) in [7, 11) is 3.03. The molecule has 1 aliphatic rings. The molecule has 0 aromatic heterocycles. The van der Waals surface area contributed by atoms with Gasteiger partial charge in [0.2, 0.25) is 0 Å². The first kappa shape index (κ1) is 19.9. The number of rotatable bonds is 4. The lowest BCUT2D eigenvalue weighted by atomic mass is 10.0. The number of ether oxygens (including phenoxy) is 2. The second-order valence-electron chi connectivity index (χ2n) is 5.95. The van der Waals surface area contributed by atoms with Crippen LogP contribution in [0.2, 0.25) is 5.02 Å². The van der Waals surface area contributed by atoms with E-state index < -0.39 is 11.8 Å². The van der Waals surface area contributed by atoms with Gasteiger partial charge in [-0.1, -0.05) is 17.7 Å². The number of hydrogen-bond donors (Lipinski definition) is 1. The highest BCUT2D eigenvalue weighted by molar-refractivity contribution is 7.80. The summed E-state index contributed by atoms with van der Waals surface area (Å²) in [6.07, 6.45) is 1.45. The van der Waals surface area contributed by atoms with Crippen LogP contribution in [0.3, 0.4) is 0 Å². The van der Waals surface area contributed by atoms with E-state index >= 15 is 0 Å². The number of methoxy groups -OCH3 is 2. The molecule has 2 amide bonds. The van der Waals surface area contributed by atoms with Crippen molar-refractivity contribution in [3.05, 3.63) is 58.1 Å². The molecule has 0 spiro atoms. The molecule has 2 aromatic rings. The number of nitrogens with zero attached hydrogens (tertiary/aromatic N) is 1. The highest BCUT2D eigenvalue weighted by Gasteiger charge is 2.35. The molecular weight excluding hydrogens is 400 g/mol. The zero-order valence-electron chi connectivity index (χ0n) is 15.4. The van der Waals surface area contributed by atoms with Crippen LogP contribution in [0.5, 0.6) is 11.5 Å². The summed E-state index contributed by atoms with van der Waals surface area (Å²) in [5.41, 5.74) is 1.62. The van der Waals surface area contributed by atoms with Gasteiger partial charge in [-0.3, -0.25) is 19.8 Å². The third-order valence-corrected chi connectivity index (χ3v) is 5.01. The molecule has 3 rings (SSSR count). The molecule has 144 valence electrons. The smallest absolute Gasteiger partial charge is 0.270 e. The third kappa shape index (κ3) is 3.58. The number of carbonyl (C=O) groups is 2. The number of nitrogens with one attached hydrogen (secondary N) is 1. The zero-order valence-corrected chi connectivity index (χ0v) is 17.0. The van der Waals surface area contributed by atoms with Crippen LogP contribution in [0.4, 0.5) is 5.69 Å². The average molecular weight is 417 g/mol. The molecule has 0 unspecified atom stereocenters. The molecule has 8 heteroatoms. The van der Waals surface area contributed by atoms with Gasteiger partial charge in [-0.2, -0.15) is 0 Å². The molecule has 0 saturated carbocycles. The van der Waals surface area contributed by atoms with Gasteiger partial charge in [0.25, 0.3) is 11.8 Å². The Labute approximate surface area is 172 Å². The minimum Gasteiger partial charge on any atom is -0.497 e. The number of benzene rings is 2. The second kappa shape index (κ2) is 8.00. The predicted octanol–water partition coefficient (Wildman–Crippen LogP) is 3.50. The summed E-state index contributed by atoms with van der Waals surface area (Å²) in [5, 5.41) is 3.04. The van der Waals surface area contributed by atoms with Gasteiger partial charge in [-0.05, 0) is 61.1 Å². The van der Waals surface area contributed by atoms with Crippen molar-refractivity contribution in [2.24, 2.45) is 0 Å². The Balaban J connectivity index is 2.11. The van der Waals surface area contributed by atoms with E-state index in [1.165, 1.54) is 25.2 Å². The lowest BCUT2D eigenvalue weighted by Gasteiger charge is -2.30. The van der Waals surface area contributed by atoms with Gasteiger partial charge in [-0.15, -0.1) is 0 Å². The van der Waals surface area contributed by atoms with Crippen molar-refractivity contribution in [1.82, 2.24) is 5.32 Å². The van der Waals surface area contributed by atoms with Crippen molar-refractivity contribution in [2.75, 3.05) is 19.1 Å². The van der Waals surface area contributed by atoms with Gasteiger partial charge >= 0.3 is 0 Å². The van der Waals surface area contributed by atoms with Crippen LogP contribution in [0.1, 0.15) is 11.1 Å². The maximum atomic E-state index is 13.2. The van der Waals surface area contributed by atoms with Crippen LogP contribution in [-0.2, 0) is 9.59 Å². The largest absolute Gasteiger partial charge is 0.497 e. The first-order valence-corrected chi connectivity index (χ1v) is 9.04. The fourth-order valence-corrected chi connectivity index (χ4v) is 3.27. The third-order valence-electron chi connectivity index (χ3n) is 4.32. The Morgan fingerprint density at radius 1 is 1.14 bits per heavy atom. The van der Waals surface area contributed by atoms with E-state index in [0.29, 0.717) is 33.3 Å². The first-order valence-electron chi connectivity index (χ1n) is 8.26.